The van der Waals surface area contributed by atoms with Crippen LogP contribution in [0.2, 0.25) is 0 Å². The number of hydrogen-bond acceptors (Lipinski definition) is 22. The number of ether oxygens (including phenoxy) is 1. The number of carbonyl (C=O) groups excluding carboxylic acids is 3. The number of aromatic nitrogens is 4. The molecule has 60 heavy (non-hydrogen) atoms. The van der Waals surface area contributed by atoms with Gasteiger partial charge in [-0.1, -0.05) is 65.6 Å². The molecule has 1 fully saturated rings. The molecule has 2 amide bonds. The van der Waals surface area contributed by atoms with Gasteiger partial charge in [-0.25, -0.2) is 19.3 Å². The van der Waals surface area contributed by atoms with Gasteiger partial charge in [0.25, 0.3) is 15.6 Å². The maximum absolute atomic E-state index is 12.6. The summed E-state index contributed by atoms with van der Waals surface area (Å²) in [5.41, 5.74) is 4.08. The minimum Gasteiger partial charge on any atom is -0.790 e. The molecule has 6 N–H and O–H groups in total. The Morgan fingerprint density at radius 2 is 1.68 bits per heavy atom. The predicted octanol–water partition coefficient (Wildman–Crippen LogP) is -0.621. The summed E-state index contributed by atoms with van der Waals surface area (Å²) in [5, 5.41) is 26.4. The lowest BCUT2D eigenvalue weighted by Crippen LogP contribution is -2.46. The molecule has 0 bridgehead atoms. The molecule has 2 aromatic rings. The molecule has 0 radical (unpaired) electrons. The van der Waals surface area contributed by atoms with Crippen molar-refractivity contribution in [2.24, 2.45) is 17.3 Å². The monoisotopic (exact) mass is 931 g/mol. The van der Waals surface area contributed by atoms with E-state index in [2.05, 4.69) is 64.2 Å². The van der Waals surface area contributed by atoms with Crippen LogP contribution in [0, 0.1) is 17.3 Å². The Morgan fingerprint density at radius 1 is 1.00 bits per heavy atom. The molecule has 0 aromatic carbocycles. The molecule has 3 heterocycles. The average molecular weight is 932 g/mol. The minimum absolute atomic E-state index is 0.0195. The fourth-order valence-electron chi connectivity index (χ4n) is 5.73. The minimum atomic E-state index is -5.91. The molecule has 0 spiro atoms. The lowest BCUT2D eigenvalue weighted by molar-refractivity contribution is -0.347. The van der Waals surface area contributed by atoms with Gasteiger partial charge in [0.2, 0.25) is 11.8 Å². The smallest absolute Gasteiger partial charge is 0.274 e. The van der Waals surface area contributed by atoms with Gasteiger partial charge in [-0.2, -0.15) is 0 Å². The summed E-state index contributed by atoms with van der Waals surface area (Å²) in [6.45, 7) is 6.64. The number of hydrogen-bond donors (Lipinski definition) is 5. The number of nitrogen functional groups attached to an aromatic ring is 1. The second-order valence-electron chi connectivity index (χ2n) is 15.2. The lowest BCUT2D eigenvalue weighted by Gasteiger charge is -2.36. The molecule has 24 nitrogen and oxygen atoms in total. The third-order valence-electron chi connectivity index (χ3n) is 9.06. The van der Waals surface area contributed by atoms with Crippen molar-refractivity contribution in [2.45, 2.75) is 104 Å². The number of nitrogens with one attached hydrogen (secondary N) is 2. The molecular formula is C32H52N7O17P3S-4. The van der Waals surface area contributed by atoms with Crippen LogP contribution in [-0.2, 0) is 50.7 Å². The van der Waals surface area contributed by atoms with Crippen LogP contribution in [0.3, 0.4) is 0 Å². The van der Waals surface area contributed by atoms with Gasteiger partial charge >= 0.3 is 0 Å². The second kappa shape index (κ2) is 22.8. The number of phosphoric ester groups is 3. The number of carbonyl (C=O) groups is 3. The molecule has 0 saturated carbocycles. The zero-order chi connectivity index (χ0) is 45.1. The summed E-state index contributed by atoms with van der Waals surface area (Å²) in [4.78, 5) is 96.5. The largest absolute Gasteiger partial charge is 0.790 e. The van der Waals surface area contributed by atoms with Crippen LogP contribution in [0.4, 0.5) is 5.82 Å². The molecule has 2 aromatic heterocycles. The average Bonchev–Trinajstić information content (AvgIpc) is 3.70. The third kappa shape index (κ3) is 17.0. The van der Waals surface area contributed by atoms with E-state index in [1.54, 1.807) is 0 Å². The Morgan fingerprint density at radius 3 is 2.35 bits per heavy atom. The highest BCUT2D eigenvalue weighted by atomic mass is 32.2. The maximum atomic E-state index is 12.6. The number of thioether (sulfide) groups is 1. The van der Waals surface area contributed by atoms with Crippen LogP contribution in [0.25, 0.3) is 11.2 Å². The predicted molar refractivity (Wildman–Crippen MR) is 205 cm³/mol. The van der Waals surface area contributed by atoms with Gasteiger partial charge in [0, 0.05) is 37.1 Å². The summed E-state index contributed by atoms with van der Waals surface area (Å²) in [6, 6.07) is 0. The number of amides is 2. The van der Waals surface area contributed by atoms with Crippen molar-refractivity contribution >= 4 is 69.1 Å². The van der Waals surface area contributed by atoms with Gasteiger partial charge < -0.3 is 69.0 Å². The highest BCUT2D eigenvalue weighted by molar-refractivity contribution is 8.13. The Kier molecular flexibility index (Phi) is 19.7. The van der Waals surface area contributed by atoms with Crippen LogP contribution in [0.5, 0.6) is 0 Å². The van der Waals surface area contributed by atoms with E-state index < -0.39 is 84.6 Å². The number of phosphoric acid groups is 3. The number of nitrogens with two attached hydrogens (primary N) is 1. The van der Waals surface area contributed by atoms with Crippen molar-refractivity contribution in [1.82, 2.24) is 30.2 Å². The quantitative estimate of drug-likeness (QED) is 0.0579. The van der Waals surface area contributed by atoms with E-state index in [-0.39, 0.29) is 41.6 Å². The molecule has 3 unspecified atom stereocenters. The fourth-order valence-corrected chi connectivity index (χ4v) is 9.16. The number of imidazole rings is 1. The summed E-state index contributed by atoms with van der Waals surface area (Å²) in [7, 11) is -17.6. The molecule has 0 aliphatic carbocycles. The van der Waals surface area contributed by atoms with Crippen molar-refractivity contribution in [1.29, 1.82) is 0 Å². The number of fused-ring (bicyclic) bond motifs is 1. The number of aliphatic hydroxyl groups excluding tert-OH is 2. The SMILES string of the molecule is CC(C)CCCC(C)CCC(=O)SCCNC(=O)CCNC(=O)[C@H](O)C(C)(C)COP(=O)([O-])OP(=O)([O-])OC[C@H]1O[C@@H](n2cnc3c(N)ncnc32)[C@H](O)[C@@H]1OP(=O)([O-])[O-]. The molecule has 1 saturated heterocycles. The van der Waals surface area contributed by atoms with Crippen LogP contribution in [0.1, 0.15) is 79.4 Å². The summed E-state index contributed by atoms with van der Waals surface area (Å²) >= 11 is 1.13. The Balaban J connectivity index is 1.42. The van der Waals surface area contributed by atoms with Crippen LogP contribution in [-0.4, -0.2) is 103 Å². The Hall–Kier alpha value is -2.44. The van der Waals surface area contributed by atoms with E-state index in [9.17, 15) is 57.9 Å². The Bertz CT molecular complexity index is 1900. The first-order chi connectivity index (χ1) is 27.8. The molecule has 1 aliphatic rings. The summed E-state index contributed by atoms with van der Waals surface area (Å²) < 4.78 is 60.7. The van der Waals surface area contributed by atoms with Crippen LogP contribution in [0.15, 0.2) is 12.7 Å². The number of rotatable bonds is 26. The van der Waals surface area contributed by atoms with E-state index in [1.165, 1.54) is 13.8 Å². The first kappa shape index (κ1) is 51.9. The van der Waals surface area contributed by atoms with Gasteiger partial charge in [-0.15, -0.1) is 0 Å². The third-order valence-corrected chi connectivity index (χ3v) is 13.0. The first-order valence-corrected chi connectivity index (χ1v) is 24.1. The van der Waals surface area contributed by atoms with Gasteiger partial charge in [-0.05, 0) is 18.3 Å². The summed E-state index contributed by atoms with van der Waals surface area (Å²) in [6.07, 6.45) is -2.94. The lowest BCUT2D eigenvalue weighted by atomic mass is 9.87. The van der Waals surface area contributed by atoms with Crippen molar-refractivity contribution in [3.8, 4) is 0 Å². The van der Waals surface area contributed by atoms with Crippen LogP contribution >= 0.6 is 35.2 Å². The number of nitrogens with zero attached hydrogens (tertiary/aromatic N) is 4. The van der Waals surface area contributed by atoms with E-state index in [4.69, 9.17) is 10.5 Å². The van der Waals surface area contributed by atoms with Gasteiger partial charge in [0.15, 0.2) is 22.8 Å². The summed E-state index contributed by atoms with van der Waals surface area (Å²) in [5.74, 6) is -0.0463. The zero-order valence-electron chi connectivity index (χ0n) is 33.6. The Labute approximate surface area is 350 Å². The van der Waals surface area contributed by atoms with Crippen molar-refractivity contribution in [2.75, 3.05) is 37.8 Å². The van der Waals surface area contributed by atoms with E-state index in [0.717, 1.165) is 54.7 Å². The fraction of sp³-hybridized carbons (Fsp3) is 0.750. The molecule has 3 rings (SSSR count). The van der Waals surface area contributed by atoms with Crippen molar-refractivity contribution in [3.63, 3.8) is 0 Å². The molecule has 1 aliphatic heterocycles. The number of anilines is 1. The molecular weight excluding hydrogens is 879 g/mol. The van der Waals surface area contributed by atoms with Crippen molar-refractivity contribution in [3.05, 3.63) is 12.7 Å². The van der Waals surface area contributed by atoms with E-state index >= 15 is 0 Å². The van der Waals surface area contributed by atoms with Crippen LogP contribution < -0.4 is 35.9 Å². The standard InChI is InChI=1S/C32H56N7O17P3S/c1-19(2)7-6-8-20(3)9-10-23(41)60-14-13-34-22(40)11-12-35-30(44)27(43)32(4,5)16-53-59(50,51)56-58(48,49)52-15-21-26(55-57(45,46)47)25(42)31(54-21)39-18-38-24-28(33)36-17-37-29(24)39/h17-21,25-27,31,42-43H,6-16H2,1-5H3,(H,34,40)(H,35,44)(H,48,49)(H,50,51)(H2,33,36,37)(H2,45,46,47)/p-4/t20?,21-,25-,26-,27+,31-/m1/s1. The zero-order valence-corrected chi connectivity index (χ0v) is 37.1. The maximum Gasteiger partial charge on any atom is 0.274 e. The highest BCUT2D eigenvalue weighted by Crippen LogP contribution is 2.56. The highest BCUT2D eigenvalue weighted by Gasteiger charge is 2.47. The normalized spacial score (nSPS) is 21.7. The molecule has 28 heteroatoms. The second-order valence-corrected chi connectivity index (χ2v) is 20.4. The van der Waals surface area contributed by atoms with Gasteiger partial charge in [0.1, 0.15) is 36.3 Å². The molecule has 8 atom stereocenters. The first-order valence-electron chi connectivity index (χ1n) is 18.8. The molecule has 342 valence electrons. The van der Waals surface area contributed by atoms with E-state index in [0.29, 0.717) is 24.0 Å². The van der Waals surface area contributed by atoms with E-state index in [1.807, 2.05) is 0 Å². The van der Waals surface area contributed by atoms with Gasteiger partial charge in [0.05, 0.1) is 27.4 Å². The topological polar surface area (TPSA) is 375 Å². The number of aliphatic hydroxyl groups is 2. The van der Waals surface area contributed by atoms with Gasteiger partial charge in [-0.3, -0.25) is 28.1 Å². The van der Waals surface area contributed by atoms with Crippen molar-refractivity contribution < 1.29 is 80.5 Å².